The van der Waals surface area contributed by atoms with E-state index < -0.39 is 0 Å². The Morgan fingerprint density at radius 2 is 1.97 bits per heavy atom. The van der Waals surface area contributed by atoms with E-state index in [9.17, 15) is 4.79 Å². The van der Waals surface area contributed by atoms with Crippen LogP contribution in [0.25, 0.3) is 22.5 Å². The van der Waals surface area contributed by atoms with Crippen LogP contribution < -0.4 is 4.90 Å². The Balaban J connectivity index is 1.38. The van der Waals surface area contributed by atoms with Gasteiger partial charge in [0, 0.05) is 30.6 Å². The zero-order valence-electron chi connectivity index (χ0n) is 16.3. The molecule has 0 bridgehead atoms. The molecule has 3 heterocycles. The molecule has 0 N–H and O–H groups in total. The van der Waals surface area contributed by atoms with Crippen LogP contribution in [0, 0.1) is 6.92 Å². The van der Waals surface area contributed by atoms with Crippen molar-refractivity contribution in [2.45, 2.75) is 32.6 Å². The first kappa shape index (κ1) is 17.6. The first-order valence-electron chi connectivity index (χ1n) is 9.71. The molecule has 0 saturated carbocycles. The van der Waals surface area contributed by atoms with E-state index in [1.54, 1.807) is 4.90 Å². The van der Waals surface area contributed by atoms with E-state index in [2.05, 4.69) is 15.1 Å². The molecule has 0 aliphatic carbocycles. The lowest BCUT2D eigenvalue weighted by atomic mass is 10.1. The van der Waals surface area contributed by atoms with E-state index in [-0.39, 0.29) is 11.8 Å². The second kappa shape index (κ2) is 6.84. The van der Waals surface area contributed by atoms with Gasteiger partial charge in [0.2, 0.25) is 17.6 Å². The number of aromatic nitrogens is 3. The number of carbonyl (C=O) groups excluding carboxylic acids is 1. The van der Waals surface area contributed by atoms with Crippen LogP contribution in [0.1, 0.15) is 36.6 Å². The minimum atomic E-state index is -0.118. The number of oxazole rings is 1. The maximum Gasteiger partial charge on any atom is 0.232 e. The van der Waals surface area contributed by atoms with Crippen LogP contribution in [0.4, 0.5) is 5.69 Å². The highest BCUT2D eigenvalue weighted by Gasteiger charge is 2.35. The van der Waals surface area contributed by atoms with Gasteiger partial charge >= 0.3 is 0 Å². The predicted molar refractivity (Wildman–Crippen MR) is 108 cm³/mol. The molecule has 5 rings (SSSR count). The highest BCUT2D eigenvalue weighted by molar-refractivity contribution is 5.96. The average Bonchev–Trinajstić information content (AvgIpc) is 3.45. The van der Waals surface area contributed by atoms with Crippen LogP contribution in [0.3, 0.4) is 0 Å². The number of fused-ring (bicyclic) bond motifs is 1. The molecule has 4 aromatic rings. The van der Waals surface area contributed by atoms with Gasteiger partial charge in [-0.25, -0.2) is 4.98 Å². The normalized spacial score (nSPS) is 16.8. The minimum absolute atomic E-state index is 0.0646. The Kier molecular flexibility index (Phi) is 4.16. The number of hydrogen-bond acceptors (Lipinski definition) is 6. The number of hydrogen-bond donors (Lipinski definition) is 0. The van der Waals surface area contributed by atoms with Gasteiger partial charge in [-0.15, -0.1) is 0 Å². The predicted octanol–water partition coefficient (Wildman–Crippen LogP) is 4.27. The topological polar surface area (TPSA) is 85.3 Å². The van der Waals surface area contributed by atoms with E-state index >= 15 is 0 Å². The molecule has 2 aromatic carbocycles. The van der Waals surface area contributed by atoms with Crippen molar-refractivity contribution in [3.63, 3.8) is 0 Å². The van der Waals surface area contributed by atoms with Crippen LogP contribution in [-0.4, -0.2) is 27.6 Å². The minimum Gasteiger partial charge on any atom is -0.441 e. The Bertz CT molecular complexity index is 1190. The zero-order chi connectivity index (χ0) is 20.0. The van der Waals surface area contributed by atoms with E-state index in [4.69, 9.17) is 8.94 Å². The van der Waals surface area contributed by atoms with Crippen LogP contribution in [-0.2, 0) is 11.2 Å². The quantitative estimate of drug-likeness (QED) is 0.519. The second-order valence-electron chi connectivity index (χ2n) is 7.34. The van der Waals surface area contributed by atoms with Gasteiger partial charge in [-0.3, -0.25) is 4.79 Å². The summed E-state index contributed by atoms with van der Waals surface area (Å²) in [5.74, 6) is 1.62. The molecule has 7 heteroatoms. The number of nitrogens with zero attached hydrogens (tertiary/aromatic N) is 4. The molecular formula is C22H20N4O3. The van der Waals surface area contributed by atoms with E-state index in [1.807, 2.05) is 56.3 Å². The van der Waals surface area contributed by atoms with Crippen molar-refractivity contribution in [2.24, 2.45) is 0 Å². The summed E-state index contributed by atoms with van der Waals surface area (Å²) >= 11 is 0. The molecule has 0 radical (unpaired) electrons. The fourth-order valence-electron chi connectivity index (χ4n) is 3.63. The summed E-state index contributed by atoms with van der Waals surface area (Å²) in [7, 11) is 0. The molecule has 1 fully saturated rings. The molecule has 1 aliphatic heterocycles. The molecule has 1 saturated heterocycles. The Hall–Kier alpha value is -3.48. The molecule has 7 nitrogen and oxygen atoms in total. The number of rotatable bonds is 4. The summed E-state index contributed by atoms with van der Waals surface area (Å²) in [6.45, 7) is 4.56. The zero-order valence-corrected chi connectivity index (χ0v) is 16.3. The summed E-state index contributed by atoms with van der Waals surface area (Å²) < 4.78 is 11.2. The first-order valence-corrected chi connectivity index (χ1v) is 9.71. The van der Waals surface area contributed by atoms with Crippen molar-refractivity contribution < 1.29 is 13.7 Å². The van der Waals surface area contributed by atoms with Crippen molar-refractivity contribution in [3.8, 4) is 11.4 Å². The number of benzene rings is 2. The third-order valence-corrected chi connectivity index (χ3v) is 5.25. The third-order valence-electron chi connectivity index (χ3n) is 5.25. The van der Waals surface area contributed by atoms with E-state index in [1.165, 1.54) is 0 Å². The molecule has 1 aliphatic rings. The fourth-order valence-corrected chi connectivity index (χ4v) is 3.63. The summed E-state index contributed by atoms with van der Waals surface area (Å²) in [4.78, 5) is 23.3. The number of aryl methyl sites for hydroxylation is 2. The summed E-state index contributed by atoms with van der Waals surface area (Å²) in [6.07, 6.45) is 1.10. The van der Waals surface area contributed by atoms with E-state index in [0.29, 0.717) is 30.6 Å². The van der Waals surface area contributed by atoms with Crippen molar-refractivity contribution in [1.82, 2.24) is 15.1 Å². The molecule has 146 valence electrons. The summed E-state index contributed by atoms with van der Waals surface area (Å²) in [5.41, 5.74) is 4.37. The Morgan fingerprint density at radius 1 is 1.14 bits per heavy atom. The van der Waals surface area contributed by atoms with Gasteiger partial charge in [0.15, 0.2) is 11.5 Å². The van der Waals surface area contributed by atoms with Crippen molar-refractivity contribution in [2.75, 3.05) is 11.4 Å². The lowest BCUT2D eigenvalue weighted by Gasteiger charge is -2.16. The molecule has 1 amide bonds. The van der Waals surface area contributed by atoms with Gasteiger partial charge in [0.25, 0.3) is 0 Å². The van der Waals surface area contributed by atoms with E-state index in [0.717, 1.165) is 34.3 Å². The standard InChI is InChI=1S/C22H20N4O3/c1-3-19-23-17-10-14(6-9-18(17)28-19)21-24-22(29-25-21)15-11-20(27)26(12-15)16-7-4-13(2)5-8-16/h4-10,15H,3,11-12H2,1-2H3. The summed E-state index contributed by atoms with van der Waals surface area (Å²) in [5, 5.41) is 4.12. The molecule has 1 unspecified atom stereocenters. The Morgan fingerprint density at radius 3 is 2.76 bits per heavy atom. The smallest absolute Gasteiger partial charge is 0.232 e. The fraction of sp³-hybridized carbons (Fsp3) is 0.273. The lowest BCUT2D eigenvalue weighted by Crippen LogP contribution is -2.24. The highest BCUT2D eigenvalue weighted by Crippen LogP contribution is 2.32. The van der Waals surface area contributed by atoms with Gasteiger partial charge in [-0.1, -0.05) is 29.8 Å². The molecular weight excluding hydrogens is 368 g/mol. The average molecular weight is 388 g/mol. The third kappa shape index (κ3) is 3.18. The number of anilines is 1. The first-order chi connectivity index (χ1) is 14.1. The van der Waals surface area contributed by atoms with Crippen LogP contribution >= 0.6 is 0 Å². The van der Waals surface area contributed by atoms with Gasteiger partial charge in [0.05, 0.1) is 5.92 Å². The molecule has 1 atom stereocenters. The number of carbonyl (C=O) groups is 1. The second-order valence-corrected chi connectivity index (χ2v) is 7.34. The largest absolute Gasteiger partial charge is 0.441 e. The van der Waals surface area contributed by atoms with Crippen LogP contribution in [0.15, 0.2) is 51.4 Å². The Labute approximate surface area is 167 Å². The van der Waals surface area contributed by atoms with Crippen molar-refractivity contribution in [3.05, 3.63) is 59.8 Å². The molecule has 2 aromatic heterocycles. The van der Waals surface area contributed by atoms with Gasteiger partial charge in [0.1, 0.15) is 5.52 Å². The number of amides is 1. The molecule has 0 spiro atoms. The van der Waals surface area contributed by atoms with Crippen molar-refractivity contribution >= 4 is 22.7 Å². The van der Waals surface area contributed by atoms with Crippen molar-refractivity contribution in [1.29, 1.82) is 0 Å². The molecule has 29 heavy (non-hydrogen) atoms. The monoisotopic (exact) mass is 388 g/mol. The van der Waals surface area contributed by atoms with Gasteiger partial charge in [-0.05, 0) is 37.3 Å². The highest BCUT2D eigenvalue weighted by atomic mass is 16.5. The maximum atomic E-state index is 12.5. The van der Waals surface area contributed by atoms with Gasteiger partial charge < -0.3 is 13.8 Å². The van der Waals surface area contributed by atoms with Gasteiger partial charge in [-0.2, -0.15) is 4.98 Å². The maximum absolute atomic E-state index is 12.5. The summed E-state index contributed by atoms with van der Waals surface area (Å²) in [6, 6.07) is 13.6. The SMILES string of the molecule is CCc1nc2cc(-c3noc(C4CC(=O)N(c5ccc(C)cc5)C4)n3)ccc2o1. The van der Waals surface area contributed by atoms with Crippen LogP contribution in [0.5, 0.6) is 0 Å². The van der Waals surface area contributed by atoms with Crippen LogP contribution in [0.2, 0.25) is 0 Å². The lowest BCUT2D eigenvalue weighted by molar-refractivity contribution is -0.117.